The van der Waals surface area contributed by atoms with Gasteiger partial charge >= 0.3 is 12.1 Å². The predicted octanol–water partition coefficient (Wildman–Crippen LogP) is 5.24. The van der Waals surface area contributed by atoms with Gasteiger partial charge in [0.05, 0.1) is 61.0 Å². The summed E-state index contributed by atoms with van der Waals surface area (Å²) in [6.07, 6.45) is 0.393. The molecule has 12 amide bonds. The van der Waals surface area contributed by atoms with E-state index in [2.05, 4.69) is 31.9 Å². The van der Waals surface area contributed by atoms with E-state index in [4.69, 9.17) is 19.9 Å². The number of likely N-dealkylation sites (N-methyl/N-ethyl adjacent to an activating group) is 2. The number of aryl methyl sites for hydroxylation is 1. The monoisotopic (exact) mass is 1320 g/mol. The number of urea groups is 1. The molecule has 3 aromatic rings. The van der Waals surface area contributed by atoms with E-state index in [0.29, 0.717) is 61.2 Å². The number of benzene rings is 3. The average Bonchev–Trinajstić information content (AvgIpc) is 1.79. The average molecular weight is 1320 g/mol. The molecule has 2 aliphatic rings. The van der Waals surface area contributed by atoms with Crippen LogP contribution >= 0.6 is 0 Å². The minimum Gasteiger partial charge on any atom is -0.445 e. The molecule has 11 atom stereocenters. The van der Waals surface area contributed by atoms with Crippen molar-refractivity contribution >= 4 is 76.7 Å². The third kappa shape index (κ3) is 22.3. The molecule has 0 saturated carbocycles. The maximum atomic E-state index is 14.3. The highest BCUT2D eigenvalue weighted by molar-refractivity contribution is 6.19. The zero-order chi connectivity index (χ0) is 70.2. The molecule has 0 bridgehead atoms. The number of aliphatic hydroxyl groups is 1. The number of primary amides is 1. The van der Waals surface area contributed by atoms with Gasteiger partial charge < -0.3 is 66.8 Å². The molecule has 26 heteroatoms. The van der Waals surface area contributed by atoms with Crippen LogP contribution in [-0.2, 0) is 70.4 Å². The van der Waals surface area contributed by atoms with Gasteiger partial charge in [-0.05, 0) is 104 Å². The summed E-state index contributed by atoms with van der Waals surface area (Å²) in [7, 11) is 6.01. The Kier molecular flexibility index (Phi) is 30.5. The first-order valence-corrected chi connectivity index (χ1v) is 32.9. The van der Waals surface area contributed by atoms with Crippen molar-refractivity contribution in [3.63, 3.8) is 0 Å². The highest BCUT2D eigenvalue weighted by Gasteiger charge is 2.43. The highest BCUT2D eigenvalue weighted by Crippen LogP contribution is 2.31. The molecule has 0 aromatic heterocycles. The largest absolute Gasteiger partial charge is 0.445 e. The normalized spacial score (nSPS) is 17.1. The lowest BCUT2D eigenvalue weighted by atomic mass is 9.90. The molecule has 2 fully saturated rings. The van der Waals surface area contributed by atoms with E-state index in [1.165, 1.54) is 31.1 Å². The summed E-state index contributed by atoms with van der Waals surface area (Å²) in [5.74, 6) is -5.31. The summed E-state index contributed by atoms with van der Waals surface area (Å²) in [5, 5.41) is 27.4. The third-order valence-corrected chi connectivity index (χ3v) is 17.9. The predicted molar refractivity (Wildman–Crippen MR) is 356 cm³/mol. The Morgan fingerprint density at radius 2 is 1.37 bits per heavy atom. The van der Waals surface area contributed by atoms with Gasteiger partial charge in [-0.3, -0.25) is 53.0 Å². The Hall–Kier alpha value is -8.49. The van der Waals surface area contributed by atoms with E-state index in [9.17, 15) is 57.8 Å². The molecule has 0 spiro atoms. The van der Waals surface area contributed by atoms with E-state index >= 15 is 0 Å². The van der Waals surface area contributed by atoms with Gasteiger partial charge in [0.15, 0.2) is 0 Å². The van der Waals surface area contributed by atoms with Crippen LogP contribution in [0.4, 0.5) is 21.0 Å². The fourth-order valence-corrected chi connectivity index (χ4v) is 12.2. The molecule has 95 heavy (non-hydrogen) atoms. The number of likely N-dealkylation sites (tertiary alicyclic amines) is 1. The first-order valence-electron chi connectivity index (χ1n) is 32.9. The van der Waals surface area contributed by atoms with E-state index in [0.717, 1.165) is 10.5 Å². The SMILES string of the molecule is CC[C@H](C)[C@@H]([C@@H](CC(=O)N1CCC[C@H]1[C@H](OC)[C@@H](C)C(=O)N[C@H](C)[C@@H](O)c1ccccc1)OC)N(C)C(=O)CNC(=O)C(C(C)C)N(C)C(=O)OCc1ccc(NC(=O)[C@H](CCCNC(N)=O)NC(=O)C(NC(=O)CCCc2ccc(N3C(=O)CCC3=O)cc2)C(C)C)cc1. The molecule has 9 N–H and O–H groups in total. The quantitative estimate of drug-likeness (QED) is 0.0272. The van der Waals surface area contributed by atoms with Gasteiger partial charge in [-0.25, -0.2) is 9.59 Å². The number of methoxy groups -OCH3 is 2. The van der Waals surface area contributed by atoms with Crippen LogP contribution in [-0.4, -0.2) is 182 Å². The minimum atomic E-state index is -1.11. The van der Waals surface area contributed by atoms with Gasteiger partial charge in [-0.15, -0.1) is 0 Å². The second-order valence-corrected chi connectivity index (χ2v) is 25.5. The van der Waals surface area contributed by atoms with Crippen LogP contribution in [0.1, 0.15) is 142 Å². The van der Waals surface area contributed by atoms with E-state index in [1.54, 1.807) is 114 Å². The first-order chi connectivity index (χ1) is 45.1. The number of nitrogens with one attached hydrogen (secondary N) is 6. The lowest BCUT2D eigenvalue weighted by Gasteiger charge is -2.39. The van der Waals surface area contributed by atoms with Crippen molar-refractivity contribution in [1.82, 2.24) is 41.3 Å². The number of aliphatic hydroxyl groups excluding tert-OH is 1. The Morgan fingerprint density at radius 3 is 1.96 bits per heavy atom. The van der Waals surface area contributed by atoms with E-state index in [-0.39, 0.29) is 93.0 Å². The molecule has 0 aliphatic carbocycles. The summed E-state index contributed by atoms with van der Waals surface area (Å²) in [4.78, 5) is 152. The summed E-state index contributed by atoms with van der Waals surface area (Å²) < 4.78 is 17.6. The molecule has 2 aliphatic heterocycles. The van der Waals surface area contributed by atoms with E-state index in [1.807, 2.05) is 32.0 Å². The maximum absolute atomic E-state index is 14.3. The smallest absolute Gasteiger partial charge is 0.410 e. The molecule has 5 rings (SSSR count). The summed E-state index contributed by atoms with van der Waals surface area (Å²) in [5.41, 5.74) is 8.18. The van der Waals surface area contributed by atoms with Crippen LogP contribution in [0.2, 0.25) is 0 Å². The Morgan fingerprint density at radius 1 is 0.726 bits per heavy atom. The van der Waals surface area contributed by atoms with Crippen LogP contribution in [0.5, 0.6) is 0 Å². The highest BCUT2D eigenvalue weighted by atomic mass is 16.6. The Bertz CT molecular complexity index is 3060. The fourth-order valence-electron chi connectivity index (χ4n) is 12.2. The van der Waals surface area contributed by atoms with Crippen molar-refractivity contribution in [3.05, 3.63) is 95.6 Å². The topological polar surface area (TPSA) is 347 Å². The Balaban J connectivity index is 1.12. The van der Waals surface area contributed by atoms with Crippen molar-refractivity contribution in [2.45, 2.75) is 187 Å². The molecule has 2 unspecified atom stereocenters. The molecule has 0 radical (unpaired) electrons. The van der Waals surface area contributed by atoms with Crippen LogP contribution < -0.4 is 42.5 Å². The maximum Gasteiger partial charge on any atom is 0.410 e. The number of imide groups is 1. The van der Waals surface area contributed by atoms with Gasteiger partial charge in [0.1, 0.15) is 24.7 Å². The number of hydrogen-bond donors (Lipinski definition) is 8. The number of amides is 12. The number of ether oxygens (including phenoxy) is 3. The molecule has 522 valence electrons. The summed E-state index contributed by atoms with van der Waals surface area (Å²) in [6, 6.07) is 16.9. The van der Waals surface area contributed by atoms with Crippen LogP contribution in [0.15, 0.2) is 78.9 Å². The van der Waals surface area contributed by atoms with Crippen molar-refractivity contribution < 1.29 is 72.1 Å². The first kappa shape index (κ1) is 77.2. The van der Waals surface area contributed by atoms with Gasteiger partial charge in [0, 0.05) is 66.4 Å². The standard InChI is InChI=1S/C69H101N11O15/c1-13-43(6)61(53(93-11)38-57(84)79-37-19-24-52(79)63(94-12)44(7)64(87)73-45(8)62(86)48-21-15-14-16-22-48)77(9)58(85)39-72-67(90)60(42(4)5)78(10)69(92)95-40-47-26-30-49(31-27-47)74-65(88)51(23-18-36-71-68(70)91)75-66(89)59(41(2)3)76-54(81)25-17-20-46-28-32-50(33-29-46)80-55(82)34-35-56(80)83/h14-16,21-22,26-33,41-45,51-53,59-63,86H,13,17-20,23-25,34-40H2,1-12H3,(H,72,90)(H,73,87)(H,74,88)(H,75,89)(H,76,81)(H3,70,71,91)/t43-,44+,45+,51-,52-,53+,59?,60?,61-,62+,63+/m0/s1. The van der Waals surface area contributed by atoms with Crippen LogP contribution in [0.25, 0.3) is 0 Å². The third-order valence-electron chi connectivity index (χ3n) is 17.9. The molecular formula is C69H101N11O15. The second-order valence-electron chi connectivity index (χ2n) is 25.5. The minimum absolute atomic E-state index is 0.0852. The number of nitrogens with two attached hydrogens (primary N) is 1. The van der Waals surface area contributed by atoms with Crippen LogP contribution in [0.3, 0.4) is 0 Å². The Labute approximate surface area is 558 Å². The fraction of sp³-hybridized carbons (Fsp3) is 0.580. The lowest BCUT2D eigenvalue weighted by Crippen LogP contribution is -2.56. The second kappa shape index (κ2) is 37.6. The number of carbonyl (C=O) groups excluding carboxylic acids is 11. The zero-order valence-electron chi connectivity index (χ0n) is 57.1. The van der Waals surface area contributed by atoms with Crippen molar-refractivity contribution in [1.29, 1.82) is 0 Å². The van der Waals surface area contributed by atoms with Gasteiger partial charge in [-0.2, -0.15) is 0 Å². The summed E-state index contributed by atoms with van der Waals surface area (Å²) in [6.45, 7) is 14.3. The van der Waals surface area contributed by atoms with Gasteiger partial charge in [0.25, 0.3) is 0 Å². The van der Waals surface area contributed by atoms with Crippen molar-refractivity contribution in [3.8, 4) is 0 Å². The number of carbonyl (C=O) groups is 11. The zero-order valence-corrected chi connectivity index (χ0v) is 57.1. The molecule has 26 nitrogen and oxygen atoms in total. The molecular weight excluding hydrogens is 1220 g/mol. The molecule has 3 aromatic carbocycles. The summed E-state index contributed by atoms with van der Waals surface area (Å²) >= 11 is 0. The lowest BCUT2D eigenvalue weighted by molar-refractivity contribution is -0.146. The number of nitrogens with zero attached hydrogens (tertiary/aromatic N) is 4. The van der Waals surface area contributed by atoms with Gasteiger partial charge in [0.2, 0.25) is 53.2 Å². The van der Waals surface area contributed by atoms with Gasteiger partial charge in [-0.1, -0.05) is 109 Å². The number of hydrogen-bond acceptors (Lipinski definition) is 15. The number of rotatable bonds is 36. The van der Waals surface area contributed by atoms with Crippen molar-refractivity contribution in [2.24, 2.45) is 29.4 Å². The molecule has 2 heterocycles. The van der Waals surface area contributed by atoms with Crippen molar-refractivity contribution in [2.75, 3.05) is 58.2 Å². The van der Waals surface area contributed by atoms with E-state index < -0.39 is 109 Å². The molecule has 2 saturated heterocycles. The van der Waals surface area contributed by atoms with Crippen LogP contribution in [0, 0.1) is 23.7 Å². The number of anilines is 2.